The molecule has 0 saturated heterocycles. The number of ether oxygens (including phenoxy) is 2. The average molecular weight is 261 g/mol. The van der Waals surface area contributed by atoms with Gasteiger partial charge in [-0.1, -0.05) is 35.5 Å². The van der Waals surface area contributed by atoms with Crippen LogP contribution >= 0.6 is 0 Å². The van der Waals surface area contributed by atoms with E-state index in [-0.39, 0.29) is 24.0 Å². The van der Waals surface area contributed by atoms with Crippen LogP contribution in [0.3, 0.4) is 0 Å². The zero-order valence-corrected chi connectivity index (χ0v) is 10.2. The minimum absolute atomic E-state index is 0.0606. The number of carbonyl (C=O) groups is 2. The van der Waals surface area contributed by atoms with Crippen molar-refractivity contribution in [1.29, 1.82) is 0 Å². The van der Waals surface area contributed by atoms with Gasteiger partial charge in [-0.3, -0.25) is 4.79 Å². The Morgan fingerprint density at radius 3 is 2.68 bits per heavy atom. The molecule has 0 unspecified atom stereocenters. The van der Waals surface area contributed by atoms with Crippen LogP contribution in [0.2, 0.25) is 0 Å². The summed E-state index contributed by atoms with van der Waals surface area (Å²) in [5.74, 6) is -0.499. The molecule has 1 heterocycles. The van der Waals surface area contributed by atoms with E-state index < -0.39 is 6.16 Å². The topological polar surface area (TPSA) is 78.6 Å². The molecule has 98 valence electrons. The van der Waals surface area contributed by atoms with Crippen LogP contribution in [0.1, 0.15) is 23.0 Å². The largest absolute Gasteiger partial charge is 0.516 e. The highest BCUT2D eigenvalue weighted by Gasteiger charge is 2.17. The normalized spacial score (nSPS) is 9.95. The molecule has 0 radical (unpaired) electrons. The van der Waals surface area contributed by atoms with Crippen molar-refractivity contribution < 1.29 is 23.6 Å². The van der Waals surface area contributed by atoms with Gasteiger partial charge in [-0.15, -0.1) is 0 Å². The fourth-order valence-corrected chi connectivity index (χ4v) is 1.38. The molecule has 2 rings (SSSR count). The minimum atomic E-state index is -0.905. The molecule has 1 aromatic heterocycles. The molecule has 6 nitrogen and oxygen atoms in total. The Balaban J connectivity index is 2.09. The summed E-state index contributed by atoms with van der Waals surface area (Å²) in [7, 11) is 0. The molecule has 0 saturated carbocycles. The summed E-state index contributed by atoms with van der Waals surface area (Å²) < 4.78 is 14.0. The number of benzene rings is 1. The molecular formula is C13H11NO5. The van der Waals surface area contributed by atoms with Crippen LogP contribution < -0.4 is 4.74 Å². The second-order valence-corrected chi connectivity index (χ2v) is 3.51. The number of nitrogens with zero attached hydrogens (tertiary/aromatic N) is 1. The molecule has 1 aromatic carbocycles. The summed E-state index contributed by atoms with van der Waals surface area (Å²) in [5, 5.41) is 3.55. The molecule has 0 aliphatic carbocycles. The number of ketones is 1. The van der Waals surface area contributed by atoms with Gasteiger partial charge in [0.05, 0.1) is 12.7 Å². The van der Waals surface area contributed by atoms with Crippen molar-refractivity contribution in [3.05, 3.63) is 47.7 Å². The van der Waals surface area contributed by atoms with Gasteiger partial charge in [0.25, 0.3) is 0 Å². The maximum absolute atomic E-state index is 12.0. The molecule has 2 aromatic rings. The van der Waals surface area contributed by atoms with E-state index in [0.717, 1.165) is 0 Å². The van der Waals surface area contributed by atoms with E-state index in [1.165, 1.54) is 6.07 Å². The first kappa shape index (κ1) is 12.8. The SMILES string of the molecule is CCOC(=O)Oc1cc(C(=O)c2ccccc2)no1. The summed E-state index contributed by atoms with van der Waals surface area (Å²) in [6, 6.07) is 9.83. The Kier molecular flexibility index (Phi) is 3.92. The lowest BCUT2D eigenvalue weighted by Gasteiger charge is -1.97. The fourth-order valence-electron chi connectivity index (χ4n) is 1.38. The zero-order valence-electron chi connectivity index (χ0n) is 10.2. The summed E-state index contributed by atoms with van der Waals surface area (Å²) in [5.41, 5.74) is 0.531. The predicted molar refractivity (Wildman–Crippen MR) is 64.0 cm³/mol. The molecule has 0 atom stereocenters. The van der Waals surface area contributed by atoms with Gasteiger partial charge in [-0.05, 0) is 6.92 Å². The number of carbonyl (C=O) groups excluding carboxylic acids is 2. The molecule has 0 bridgehead atoms. The number of aromatic nitrogens is 1. The monoisotopic (exact) mass is 261 g/mol. The Hall–Kier alpha value is -2.63. The molecule has 6 heteroatoms. The number of rotatable bonds is 4. The van der Waals surface area contributed by atoms with Gasteiger partial charge in [0.2, 0.25) is 5.78 Å². The van der Waals surface area contributed by atoms with Gasteiger partial charge < -0.3 is 14.0 Å². The fraction of sp³-hybridized carbons (Fsp3) is 0.154. The Bertz CT molecular complexity index is 576. The van der Waals surface area contributed by atoms with Gasteiger partial charge in [0, 0.05) is 5.56 Å². The quantitative estimate of drug-likeness (QED) is 0.621. The zero-order chi connectivity index (χ0) is 13.7. The summed E-state index contributed by atoms with van der Waals surface area (Å²) in [4.78, 5) is 23.0. The Morgan fingerprint density at radius 1 is 1.26 bits per heavy atom. The molecule has 19 heavy (non-hydrogen) atoms. The number of hydrogen-bond acceptors (Lipinski definition) is 6. The van der Waals surface area contributed by atoms with Gasteiger partial charge in [0.1, 0.15) is 0 Å². The Morgan fingerprint density at radius 2 is 2.00 bits per heavy atom. The molecule has 0 aliphatic rings. The smallest absolute Gasteiger partial charge is 0.434 e. The molecule has 0 N–H and O–H groups in total. The third-order valence-corrected chi connectivity index (χ3v) is 2.20. The van der Waals surface area contributed by atoms with E-state index in [2.05, 4.69) is 14.6 Å². The summed E-state index contributed by atoms with van der Waals surface area (Å²) in [6.07, 6.45) is -0.905. The van der Waals surface area contributed by atoms with Crippen LogP contribution in [0.15, 0.2) is 40.9 Å². The van der Waals surface area contributed by atoms with E-state index in [0.29, 0.717) is 5.56 Å². The molecule has 0 spiro atoms. The van der Waals surface area contributed by atoms with Crippen molar-refractivity contribution in [1.82, 2.24) is 5.16 Å². The van der Waals surface area contributed by atoms with Crippen LogP contribution in [0, 0.1) is 0 Å². The highest BCUT2D eigenvalue weighted by molar-refractivity contribution is 6.07. The van der Waals surface area contributed by atoms with Crippen LogP contribution in [0.5, 0.6) is 5.95 Å². The third kappa shape index (κ3) is 3.19. The minimum Gasteiger partial charge on any atom is -0.434 e. The maximum atomic E-state index is 12.0. The van der Waals surface area contributed by atoms with Crippen molar-refractivity contribution in [2.24, 2.45) is 0 Å². The first-order valence-corrected chi connectivity index (χ1v) is 5.61. The van der Waals surface area contributed by atoms with Gasteiger partial charge >= 0.3 is 12.1 Å². The van der Waals surface area contributed by atoms with Crippen molar-refractivity contribution in [2.75, 3.05) is 6.61 Å². The molecule has 0 amide bonds. The van der Waals surface area contributed by atoms with Crippen molar-refractivity contribution in [3.63, 3.8) is 0 Å². The third-order valence-electron chi connectivity index (χ3n) is 2.20. The second-order valence-electron chi connectivity index (χ2n) is 3.51. The lowest BCUT2D eigenvalue weighted by molar-refractivity contribution is 0.0916. The van der Waals surface area contributed by atoms with E-state index >= 15 is 0 Å². The van der Waals surface area contributed by atoms with E-state index in [9.17, 15) is 9.59 Å². The predicted octanol–water partition coefficient (Wildman–Crippen LogP) is 2.44. The van der Waals surface area contributed by atoms with Gasteiger partial charge in [-0.25, -0.2) is 4.79 Å². The van der Waals surface area contributed by atoms with Crippen molar-refractivity contribution in [3.8, 4) is 5.95 Å². The first-order chi connectivity index (χ1) is 9.20. The second kappa shape index (κ2) is 5.81. The lowest BCUT2D eigenvalue weighted by atomic mass is 10.1. The maximum Gasteiger partial charge on any atom is 0.516 e. The van der Waals surface area contributed by atoms with Gasteiger partial charge in [0.15, 0.2) is 5.69 Å². The highest BCUT2D eigenvalue weighted by atomic mass is 16.8. The standard InChI is InChI=1S/C13H11NO5/c1-2-17-13(16)18-11-8-10(14-19-11)12(15)9-6-4-3-5-7-9/h3-8H,2H2,1H3. The van der Waals surface area contributed by atoms with E-state index in [4.69, 9.17) is 4.52 Å². The molecular weight excluding hydrogens is 250 g/mol. The molecule has 0 aliphatic heterocycles. The van der Waals surface area contributed by atoms with E-state index in [1.807, 2.05) is 0 Å². The highest BCUT2D eigenvalue weighted by Crippen LogP contribution is 2.16. The Labute approximate surface area is 108 Å². The van der Waals surface area contributed by atoms with Gasteiger partial charge in [-0.2, -0.15) is 0 Å². The van der Waals surface area contributed by atoms with Crippen LogP contribution in [0.25, 0.3) is 0 Å². The van der Waals surface area contributed by atoms with E-state index in [1.54, 1.807) is 37.3 Å². The summed E-state index contributed by atoms with van der Waals surface area (Å²) in [6.45, 7) is 1.83. The summed E-state index contributed by atoms with van der Waals surface area (Å²) >= 11 is 0. The molecule has 0 fully saturated rings. The van der Waals surface area contributed by atoms with Crippen molar-refractivity contribution in [2.45, 2.75) is 6.92 Å². The number of hydrogen-bond donors (Lipinski definition) is 0. The van der Waals surface area contributed by atoms with Crippen LogP contribution in [-0.4, -0.2) is 23.7 Å². The average Bonchev–Trinajstić information content (AvgIpc) is 2.87. The van der Waals surface area contributed by atoms with Crippen molar-refractivity contribution >= 4 is 11.9 Å². The lowest BCUT2D eigenvalue weighted by Crippen LogP contribution is -2.09. The van der Waals surface area contributed by atoms with Crippen LogP contribution in [-0.2, 0) is 4.74 Å². The van der Waals surface area contributed by atoms with Crippen LogP contribution in [0.4, 0.5) is 4.79 Å². The first-order valence-electron chi connectivity index (χ1n) is 5.61.